The average molecular weight is 290 g/mol. The quantitative estimate of drug-likeness (QED) is 0.748. The number of rotatable bonds is 5. The van der Waals surface area contributed by atoms with Crippen LogP contribution in [0, 0.1) is 0 Å². The molecule has 21 heavy (non-hydrogen) atoms. The number of amides is 2. The van der Waals surface area contributed by atoms with E-state index in [4.69, 9.17) is 4.74 Å². The highest BCUT2D eigenvalue weighted by molar-refractivity contribution is 6.16. The first-order chi connectivity index (χ1) is 9.99. The second-order valence-electron chi connectivity index (χ2n) is 4.73. The fourth-order valence-electron chi connectivity index (χ4n) is 2.12. The lowest BCUT2D eigenvalue weighted by Crippen LogP contribution is -2.45. The van der Waals surface area contributed by atoms with Gasteiger partial charge in [-0.25, -0.2) is 15.0 Å². The molecule has 0 atom stereocenters. The minimum absolute atomic E-state index is 0.302. The van der Waals surface area contributed by atoms with Gasteiger partial charge in [-0.3, -0.25) is 9.59 Å². The molecule has 1 aliphatic heterocycles. The van der Waals surface area contributed by atoms with E-state index in [2.05, 4.69) is 9.97 Å². The van der Waals surface area contributed by atoms with Crippen LogP contribution in [0.25, 0.3) is 0 Å². The van der Waals surface area contributed by atoms with Crippen LogP contribution in [0.3, 0.4) is 0 Å². The van der Waals surface area contributed by atoms with E-state index in [-0.39, 0.29) is 11.8 Å². The molecular formula is C14H18N4O3. The Labute approximate surface area is 123 Å². The van der Waals surface area contributed by atoms with Crippen molar-refractivity contribution in [2.45, 2.75) is 26.9 Å². The highest BCUT2D eigenvalue weighted by atomic mass is 16.5. The summed E-state index contributed by atoms with van der Waals surface area (Å²) >= 11 is 0. The normalized spacial score (nSPS) is 14.7. The standard InChI is InChI=1S/C14H18N4O3/c1-5-11-10(8-21-4)7-15-14(16-11)17(3)18-12(19)6-9(2)13(18)20/h6-7H,5,8H2,1-4H3. The number of aryl methyl sites for hydroxylation is 1. The van der Waals surface area contributed by atoms with Crippen molar-refractivity contribution in [3.8, 4) is 0 Å². The Morgan fingerprint density at radius 3 is 2.62 bits per heavy atom. The minimum Gasteiger partial charge on any atom is -0.380 e. The van der Waals surface area contributed by atoms with E-state index in [9.17, 15) is 9.59 Å². The predicted molar refractivity (Wildman–Crippen MR) is 76.1 cm³/mol. The number of nitrogens with zero attached hydrogens (tertiary/aromatic N) is 4. The smallest absolute Gasteiger partial charge is 0.275 e. The van der Waals surface area contributed by atoms with Crippen LogP contribution >= 0.6 is 0 Å². The van der Waals surface area contributed by atoms with Crippen LogP contribution < -0.4 is 5.01 Å². The number of carbonyl (C=O) groups is 2. The molecule has 0 saturated heterocycles. The molecule has 7 nitrogen and oxygen atoms in total. The monoisotopic (exact) mass is 290 g/mol. The highest BCUT2D eigenvalue weighted by Gasteiger charge is 2.33. The van der Waals surface area contributed by atoms with Gasteiger partial charge in [-0.05, 0) is 13.3 Å². The molecule has 0 saturated carbocycles. The first-order valence-corrected chi connectivity index (χ1v) is 6.63. The third-order valence-electron chi connectivity index (χ3n) is 3.24. The van der Waals surface area contributed by atoms with E-state index in [1.54, 1.807) is 27.3 Å². The Bertz CT molecular complexity index is 612. The highest BCUT2D eigenvalue weighted by Crippen LogP contribution is 2.19. The zero-order chi connectivity index (χ0) is 15.6. The van der Waals surface area contributed by atoms with Crippen LogP contribution in [-0.2, 0) is 27.4 Å². The zero-order valence-electron chi connectivity index (χ0n) is 12.6. The lowest BCUT2D eigenvalue weighted by molar-refractivity contribution is -0.137. The molecular weight excluding hydrogens is 272 g/mol. The van der Waals surface area contributed by atoms with Crippen LogP contribution in [-0.4, -0.2) is 40.9 Å². The zero-order valence-corrected chi connectivity index (χ0v) is 12.6. The molecule has 0 radical (unpaired) electrons. The molecule has 0 aliphatic carbocycles. The fraction of sp³-hybridized carbons (Fsp3) is 0.429. The number of anilines is 1. The Morgan fingerprint density at radius 2 is 2.10 bits per heavy atom. The van der Waals surface area contributed by atoms with E-state index >= 15 is 0 Å². The fourth-order valence-corrected chi connectivity index (χ4v) is 2.12. The first kappa shape index (κ1) is 15.1. The molecule has 2 rings (SSSR count). The Kier molecular flexibility index (Phi) is 4.32. The lowest BCUT2D eigenvalue weighted by Gasteiger charge is -2.26. The second-order valence-corrected chi connectivity index (χ2v) is 4.73. The summed E-state index contributed by atoms with van der Waals surface area (Å²) in [7, 11) is 3.20. The first-order valence-electron chi connectivity index (χ1n) is 6.63. The van der Waals surface area contributed by atoms with Gasteiger partial charge in [0.1, 0.15) is 0 Å². The van der Waals surface area contributed by atoms with Crippen molar-refractivity contribution in [1.29, 1.82) is 0 Å². The summed E-state index contributed by atoms with van der Waals surface area (Å²) in [4.78, 5) is 32.4. The van der Waals surface area contributed by atoms with Gasteiger partial charge < -0.3 is 4.74 Å². The summed E-state index contributed by atoms with van der Waals surface area (Å²) in [5.74, 6) is -0.441. The van der Waals surface area contributed by atoms with Gasteiger partial charge in [-0.2, -0.15) is 5.01 Å². The molecule has 2 heterocycles. The predicted octanol–water partition coefficient (Wildman–Crippen LogP) is 0.852. The van der Waals surface area contributed by atoms with E-state index in [1.807, 2.05) is 6.92 Å². The molecule has 7 heteroatoms. The Morgan fingerprint density at radius 1 is 1.38 bits per heavy atom. The van der Waals surface area contributed by atoms with Crippen molar-refractivity contribution >= 4 is 17.8 Å². The van der Waals surface area contributed by atoms with Crippen molar-refractivity contribution in [2.24, 2.45) is 0 Å². The van der Waals surface area contributed by atoms with Gasteiger partial charge in [-0.1, -0.05) is 6.92 Å². The Hall–Kier alpha value is -2.28. The van der Waals surface area contributed by atoms with Gasteiger partial charge >= 0.3 is 0 Å². The third-order valence-corrected chi connectivity index (χ3v) is 3.24. The maximum Gasteiger partial charge on any atom is 0.275 e. The molecule has 1 aliphatic rings. The summed E-state index contributed by atoms with van der Waals surface area (Å²) in [5.41, 5.74) is 2.13. The molecule has 0 bridgehead atoms. The van der Waals surface area contributed by atoms with E-state index < -0.39 is 0 Å². The van der Waals surface area contributed by atoms with Crippen molar-refractivity contribution in [3.63, 3.8) is 0 Å². The second kappa shape index (κ2) is 6.01. The minimum atomic E-state index is -0.386. The van der Waals surface area contributed by atoms with Gasteiger partial charge in [0, 0.05) is 37.6 Å². The van der Waals surface area contributed by atoms with Crippen molar-refractivity contribution < 1.29 is 14.3 Å². The molecule has 0 fully saturated rings. The summed E-state index contributed by atoms with van der Waals surface area (Å²) < 4.78 is 5.10. The SMILES string of the molecule is CCc1nc(N(C)N2C(=O)C=C(C)C2=O)ncc1COC. The van der Waals surface area contributed by atoms with Gasteiger partial charge in [-0.15, -0.1) is 0 Å². The molecule has 0 unspecified atom stereocenters. The number of methoxy groups -OCH3 is 1. The van der Waals surface area contributed by atoms with Gasteiger partial charge in [0.15, 0.2) is 0 Å². The molecule has 0 aromatic carbocycles. The molecule has 2 amide bonds. The van der Waals surface area contributed by atoms with E-state index in [1.165, 1.54) is 11.1 Å². The summed E-state index contributed by atoms with van der Waals surface area (Å²) in [6.45, 7) is 4.01. The molecule has 112 valence electrons. The maximum atomic E-state index is 12.0. The number of hydrogen-bond donors (Lipinski definition) is 0. The van der Waals surface area contributed by atoms with E-state index in [0.717, 1.165) is 16.3 Å². The van der Waals surface area contributed by atoms with Gasteiger partial charge in [0.05, 0.1) is 12.3 Å². The summed E-state index contributed by atoms with van der Waals surface area (Å²) in [6, 6.07) is 0. The topological polar surface area (TPSA) is 75.6 Å². The van der Waals surface area contributed by atoms with Crippen LogP contribution in [0.4, 0.5) is 5.95 Å². The number of hydrazine groups is 1. The molecule has 0 spiro atoms. The van der Waals surface area contributed by atoms with Crippen molar-refractivity contribution in [3.05, 3.63) is 29.1 Å². The van der Waals surface area contributed by atoms with Crippen molar-refractivity contribution in [1.82, 2.24) is 15.0 Å². The van der Waals surface area contributed by atoms with Crippen LogP contribution in [0.1, 0.15) is 25.1 Å². The number of hydrogen-bond acceptors (Lipinski definition) is 6. The third kappa shape index (κ3) is 2.78. The molecule has 1 aromatic heterocycles. The Balaban J connectivity index is 2.30. The average Bonchev–Trinajstić information content (AvgIpc) is 2.72. The van der Waals surface area contributed by atoms with Gasteiger partial charge in [0.25, 0.3) is 11.8 Å². The van der Waals surface area contributed by atoms with Crippen molar-refractivity contribution in [2.75, 3.05) is 19.2 Å². The van der Waals surface area contributed by atoms with Crippen LogP contribution in [0.2, 0.25) is 0 Å². The van der Waals surface area contributed by atoms with Crippen LogP contribution in [0.15, 0.2) is 17.8 Å². The lowest BCUT2D eigenvalue weighted by atomic mass is 10.2. The van der Waals surface area contributed by atoms with Crippen LogP contribution in [0.5, 0.6) is 0 Å². The van der Waals surface area contributed by atoms with E-state index in [0.29, 0.717) is 24.5 Å². The maximum absolute atomic E-state index is 12.0. The van der Waals surface area contributed by atoms with Gasteiger partial charge in [0.2, 0.25) is 5.95 Å². The largest absolute Gasteiger partial charge is 0.380 e. The number of ether oxygens (including phenoxy) is 1. The summed E-state index contributed by atoms with van der Waals surface area (Å²) in [5, 5.41) is 2.40. The molecule has 1 aromatic rings. The number of aromatic nitrogens is 2. The number of imide groups is 1. The number of carbonyl (C=O) groups excluding carboxylic acids is 2. The molecule has 0 N–H and O–H groups in total. The summed E-state index contributed by atoms with van der Waals surface area (Å²) in [6.07, 6.45) is 3.67.